The van der Waals surface area contributed by atoms with Gasteiger partial charge in [-0.1, -0.05) is 0 Å². The number of nitro groups is 1. The third-order valence-electron chi connectivity index (χ3n) is 7.79. The van der Waals surface area contributed by atoms with Crippen LogP contribution in [0.5, 0.6) is 0 Å². The van der Waals surface area contributed by atoms with E-state index in [1.807, 2.05) is 18.2 Å². The van der Waals surface area contributed by atoms with Gasteiger partial charge in [0.05, 0.1) is 0 Å². The van der Waals surface area contributed by atoms with Crippen LogP contribution in [0.3, 0.4) is 0 Å². The quantitative estimate of drug-likeness (QED) is 0.313. The summed E-state index contributed by atoms with van der Waals surface area (Å²) in [5.74, 6) is 1.61. The van der Waals surface area contributed by atoms with Gasteiger partial charge in [0.1, 0.15) is 0 Å². The molecule has 0 amide bonds. The molecule has 7 heteroatoms. The molecular formula is C27H36N2O4Se. The van der Waals surface area contributed by atoms with E-state index >= 15 is 0 Å². The van der Waals surface area contributed by atoms with E-state index in [-0.39, 0.29) is 54.4 Å². The topological polar surface area (TPSA) is 73.6 Å². The van der Waals surface area contributed by atoms with Crippen LogP contribution in [0.25, 0.3) is 0 Å². The molecule has 0 unspecified atom stereocenters. The monoisotopic (exact) mass is 532 g/mol. The van der Waals surface area contributed by atoms with E-state index in [0.717, 1.165) is 5.56 Å². The molecule has 34 heavy (non-hydrogen) atoms. The van der Waals surface area contributed by atoms with Crippen molar-refractivity contribution in [3.8, 4) is 0 Å². The molecule has 1 saturated carbocycles. The molecule has 1 aliphatic heterocycles. The molecule has 4 rings (SSSR count). The molecule has 2 aromatic carbocycles. The molecule has 6 nitrogen and oxygen atoms in total. The minimum absolute atomic E-state index is 0.0472. The fraction of sp³-hybridized carbons (Fsp3) is 0.556. The van der Waals surface area contributed by atoms with Crippen molar-refractivity contribution in [2.75, 3.05) is 7.11 Å². The summed E-state index contributed by atoms with van der Waals surface area (Å²) >= 11 is 0.0494. The van der Waals surface area contributed by atoms with Crippen LogP contribution in [0.4, 0.5) is 5.69 Å². The summed E-state index contributed by atoms with van der Waals surface area (Å²) in [6, 6.07) is 17.3. The van der Waals surface area contributed by atoms with Crippen LogP contribution >= 0.6 is 0 Å². The van der Waals surface area contributed by atoms with Crippen LogP contribution in [0, 0.1) is 27.9 Å². The van der Waals surface area contributed by atoms with Crippen LogP contribution in [-0.4, -0.2) is 44.9 Å². The zero-order chi connectivity index (χ0) is 24.5. The Morgan fingerprint density at radius 1 is 1.12 bits per heavy atom. The predicted molar refractivity (Wildman–Crippen MR) is 135 cm³/mol. The zero-order valence-electron chi connectivity index (χ0n) is 20.6. The SMILES string of the molecule is CO[C@H](c1ccc([N+](=O)[O-])cc1)[C@@H]([Se]c1ccccc1)[C@H]1NC(C)(C)[C@@H]2CC[C@@H](C)[C@H](C)[C@H]2O1. The molecule has 1 aliphatic carbocycles. The first-order valence-corrected chi connectivity index (χ1v) is 14.0. The van der Waals surface area contributed by atoms with Crippen molar-refractivity contribution in [3.63, 3.8) is 0 Å². The minimum atomic E-state index is -0.364. The van der Waals surface area contributed by atoms with Crippen LogP contribution < -0.4 is 9.78 Å². The van der Waals surface area contributed by atoms with Gasteiger partial charge in [0.15, 0.2) is 0 Å². The standard InChI is InChI=1S/C27H36N2O4Se/c1-17-11-16-22-23(18(17)2)33-26(28-27(22,3)4)25(34-21-9-7-6-8-10-21)24(32-5)19-12-14-20(15-13-19)29(30)31/h6-10,12-15,17-18,22-26,28H,11,16H2,1-5H3/t17-,18+,22-,23-,24-,25-,26+/m1/s1. The van der Waals surface area contributed by atoms with Crippen molar-refractivity contribution < 1.29 is 14.4 Å². The molecule has 0 radical (unpaired) electrons. The molecule has 7 atom stereocenters. The number of fused-ring (bicyclic) bond motifs is 1. The summed E-state index contributed by atoms with van der Waals surface area (Å²) in [4.78, 5) is 10.9. The molecule has 184 valence electrons. The molecule has 1 heterocycles. The second kappa shape index (κ2) is 10.5. The van der Waals surface area contributed by atoms with Gasteiger partial charge in [-0.2, -0.15) is 0 Å². The molecule has 2 aromatic rings. The summed E-state index contributed by atoms with van der Waals surface area (Å²) in [5.41, 5.74) is 0.969. The van der Waals surface area contributed by atoms with Gasteiger partial charge in [-0.15, -0.1) is 0 Å². The van der Waals surface area contributed by atoms with E-state index in [2.05, 4.69) is 57.3 Å². The van der Waals surface area contributed by atoms with Gasteiger partial charge < -0.3 is 0 Å². The maximum atomic E-state index is 11.2. The van der Waals surface area contributed by atoms with E-state index in [9.17, 15) is 10.1 Å². The Morgan fingerprint density at radius 3 is 2.41 bits per heavy atom. The fourth-order valence-electron chi connectivity index (χ4n) is 5.57. The first kappa shape index (κ1) is 25.3. The Labute approximate surface area is 209 Å². The Morgan fingerprint density at radius 2 is 1.79 bits per heavy atom. The maximum absolute atomic E-state index is 11.2. The Hall–Kier alpha value is -1.76. The number of non-ortho nitro benzene ring substituents is 1. The van der Waals surface area contributed by atoms with E-state index < -0.39 is 0 Å². The molecule has 1 N–H and O–H groups in total. The molecule has 0 bridgehead atoms. The van der Waals surface area contributed by atoms with Crippen molar-refractivity contribution >= 4 is 25.1 Å². The van der Waals surface area contributed by atoms with Crippen molar-refractivity contribution in [3.05, 3.63) is 70.3 Å². The molecular weight excluding hydrogens is 495 g/mol. The summed E-state index contributed by atoms with van der Waals surface area (Å²) < 4.78 is 14.3. The number of benzene rings is 2. The van der Waals surface area contributed by atoms with E-state index in [1.54, 1.807) is 19.2 Å². The molecule has 0 spiro atoms. The Kier molecular flexibility index (Phi) is 7.80. The zero-order valence-corrected chi connectivity index (χ0v) is 22.4. The number of hydrogen-bond acceptors (Lipinski definition) is 5. The number of nitrogens with one attached hydrogen (secondary N) is 1. The van der Waals surface area contributed by atoms with Crippen LogP contribution in [-0.2, 0) is 9.47 Å². The third-order valence-corrected chi connectivity index (χ3v) is 10.5. The number of nitro benzene ring substituents is 1. The second-order valence-corrected chi connectivity index (χ2v) is 12.9. The van der Waals surface area contributed by atoms with Gasteiger partial charge in [0, 0.05) is 0 Å². The van der Waals surface area contributed by atoms with Crippen LogP contribution in [0.1, 0.15) is 52.2 Å². The van der Waals surface area contributed by atoms with Gasteiger partial charge in [0.25, 0.3) is 0 Å². The van der Waals surface area contributed by atoms with Crippen molar-refractivity contribution in [2.45, 2.75) is 69.3 Å². The second-order valence-electron chi connectivity index (χ2n) is 10.3. The number of methoxy groups -OCH3 is 1. The first-order valence-electron chi connectivity index (χ1n) is 12.1. The van der Waals surface area contributed by atoms with Crippen molar-refractivity contribution in [1.29, 1.82) is 0 Å². The van der Waals surface area contributed by atoms with Crippen molar-refractivity contribution in [2.24, 2.45) is 17.8 Å². The summed E-state index contributed by atoms with van der Waals surface area (Å²) in [6.07, 6.45) is 2.19. The average molecular weight is 532 g/mol. The Bertz CT molecular complexity index is 968. The van der Waals surface area contributed by atoms with Gasteiger partial charge in [-0.25, -0.2) is 0 Å². The number of nitrogens with zero attached hydrogens (tertiary/aromatic N) is 1. The molecule has 2 aliphatic rings. The first-order chi connectivity index (χ1) is 16.2. The summed E-state index contributed by atoms with van der Waals surface area (Å²) in [5, 5.41) is 15.1. The van der Waals surface area contributed by atoms with Gasteiger partial charge in [0.2, 0.25) is 0 Å². The summed E-state index contributed by atoms with van der Waals surface area (Å²) in [6.45, 7) is 9.29. The van der Waals surface area contributed by atoms with Gasteiger partial charge >= 0.3 is 209 Å². The molecule has 1 saturated heterocycles. The Balaban J connectivity index is 1.69. The van der Waals surface area contributed by atoms with E-state index in [4.69, 9.17) is 9.47 Å². The van der Waals surface area contributed by atoms with Gasteiger partial charge in [-0.3, -0.25) is 0 Å². The van der Waals surface area contributed by atoms with E-state index in [0.29, 0.717) is 17.8 Å². The number of rotatable bonds is 7. The van der Waals surface area contributed by atoms with Crippen molar-refractivity contribution in [1.82, 2.24) is 5.32 Å². The summed E-state index contributed by atoms with van der Waals surface area (Å²) in [7, 11) is 1.72. The molecule has 0 aromatic heterocycles. The molecule has 2 fully saturated rings. The van der Waals surface area contributed by atoms with Crippen LogP contribution in [0.15, 0.2) is 54.6 Å². The van der Waals surface area contributed by atoms with Crippen LogP contribution in [0.2, 0.25) is 4.82 Å². The predicted octanol–water partition coefficient (Wildman–Crippen LogP) is 4.88. The fourth-order valence-corrected chi connectivity index (χ4v) is 8.25. The van der Waals surface area contributed by atoms with Gasteiger partial charge in [-0.05, 0) is 0 Å². The van der Waals surface area contributed by atoms with E-state index in [1.165, 1.54) is 17.3 Å². The third kappa shape index (κ3) is 5.24. The average Bonchev–Trinajstić information content (AvgIpc) is 2.82. The number of ether oxygens (including phenoxy) is 2. The normalized spacial score (nSPS) is 30.2. The number of hydrogen-bond donors (Lipinski definition) is 1.